The molecule has 6 heteroatoms. The summed E-state index contributed by atoms with van der Waals surface area (Å²) in [5, 5.41) is 5.66. The molecule has 0 unspecified atom stereocenters. The van der Waals surface area contributed by atoms with Gasteiger partial charge in [0.05, 0.1) is 20.8 Å². The first kappa shape index (κ1) is 16.6. The zero-order chi connectivity index (χ0) is 16.8. The van der Waals surface area contributed by atoms with E-state index in [1.807, 2.05) is 6.92 Å². The summed E-state index contributed by atoms with van der Waals surface area (Å²) in [5.74, 6) is 0.512. The van der Waals surface area contributed by atoms with Gasteiger partial charge in [-0.2, -0.15) is 0 Å². The Morgan fingerprint density at radius 2 is 1.83 bits per heavy atom. The van der Waals surface area contributed by atoms with Gasteiger partial charge in [-0.3, -0.25) is 4.79 Å². The van der Waals surface area contributed by atoms with Gasteiger partial charge in [-0.15, -0.1) is 0 Å². The van der Waals surface area contributed by atoms with Crippen molar-refractivity contribution in [3.05, 3.63) is 47.8 Å². The number of anilines is 2. The van der Waals surface area contributed by atoms with Crippen molar-refractivity contribution in [1.82, 2.24) is 0 Å². The number of hydrogen-bond donors (Lipinski definition) is 2. The fourth-order valence-corrected chi connectivity index (χ4v) is 2.08. The quantitative estimate of drug-likeness (QED) is 0.859. The van der Waals surface area contributed by atoms with Crippen LogP contribution in [-0.2, 0) is 4.79 Å². The highest BCUT2D eigenvalue weighted by atomic mass is 19.1. The van der Waals surface area contributed by atoms with Gasteiger partial charge in [0.15, 0.2) is 11.5 Å². The fourth-order valence-electron chi connectivity index (χ4n) is 2.08. The molecule has 2 rings (SSSR count). The third-order valence-corrected chi connectivity index (χ3v) is 3.31. The van der Waals surface area contributed by atoms with E-state index in [2.05, 4.69) is 10.6 Å². The molecule has 0 fully saturated rings. The van der Waals surface area contributed by atoms with Crippen LogP contribution in [0.25, 0.3) is 0 Å². The molecule has 0 atom stereocenters. The van der Waals surface area contributed by atoms with Crippen LogP contribution < -0.4 is 20.1 Å². The minimum Gasteiger partial charge on any atom is -0.493 e. The fraction of sp³-hybridized carbons (Fsp3) is 0.235. The van der Waals surface area contributed by atoms with Gasteiger partial charge < -0.3 is 20.1 Å². The van der Waals surface area contributed by atoms with Crippen LogP contribution in [0, 0.1) is 12.7 Å². The number of ether oxygens (including phenoxy) is 2. The van der Waals surface area contributed by atoms with Crippen LogP contribution in [0.4, 0.5) is 15.8 Å². The summed E-state index contributed by atoms with van der Waals surface area (Å²) < 4.78 is 23.5. The lowest BCUT2D eigenvalue weighted by Gasteiger charge is -2.12. The zero-order valence-corrected chi connectivity index (χ0v) is 13.3. The second kappa shape index (κ2) is 7.49. The van der Waals surface area contributed by atoms with Crippen LogP contribution in [0.15, 0.2) is 36.4 Å². The summed E-state index contributed by atoms with van der Waals surface area (Å²) >= 11 is 0. The van der Waals surface area contributed by atoms with Gasteiger partial charge in [0.25, 0.3) is 0 Å². The molecule has 0 saturated heterocycles. The lowest BCUT2D eigenvalue weighted by Crippen LogP contribution is -2.22. The highest BCUT2D eigenvalue weighted by Gasteiger charge is 2.08. The van der Waals surface area contributed by atoms with Crippen molar-refractivity contribution in [2.24, 2.45) is 0 Å². The molecule has 0 aliphatic carbocycles. The normalized spacial score (nSPS) is 10.1. The van der Waals surface area contributed by atoms with Gasteiger partial charge in [0.1, 0.15) is 5.82 Å². The van der Waals surface area contributed by atoms with Gasteiger partial charge in [-0.1, -0.05) is 6.07 Å². The Bertz CT molecular complexity index is 704. The lowest BCUT2D eigenvalue weighted by atomic mass is 10.2. The lowest BCUT2D eigenvalue weighted by molar-refractivity contribution is -0.114. The van der Waals surface area contributed by atoms with Crippen molar-refractivity contribution < 1.29 is 18.7 Å². The molecule has 23 heavy (non-hydrogen) atoms. The summed E-state index contributed by atoms with van der Waals surface area (Å²) in [5.41, 5.74) is 2.04. The predicted octanol–water partition coefficient (Wildman–Crippen LogP) is 3.20. The van der Waals surface area contributed by atoms with Gasteiger partial charge in [-0.05, 0) is 36.8 Å². The Kier molecular flexibility index (Phi) is 5.41. The number of carbonyl (C=O) groups is 1. The molecule has 0 bridgehead atoms. The number of carbonyl (C=O) groups excluding carboxylic acids is 1. The molecule has 2 aromatic carbocycles. The van der Waals surface area contributed by atoms with Crippen molar-refractivity contribution >= 4 is 17.3 Å². The second-order valence-corrected chi connectivity index (χ2v) is 4.93. The van der Waals surface area contributed by atoms with Crippen LogP contribution in [0.1, 0.15) is 5.56 Å². The third-order valence-electron chi connectivity index (χ3n) is 3.31. The number of halogens is 1. The molecular weight excluding hydrogens is 299 g/mol. The summed E-state index contributed by atoms with van der Waals surface area (Å²) in [6, 6.07) is 9.49. The van der Waals surface area contributed by atoms with Crippen LogP contribution in [0.5, 0.6) is 11.5 Å². The number of rotatable bonds is 6. The van der Waals surface area contributed by atoms with E-state index >= 15 is 0 Å². The Morgan fingerprint density at radius 3 is 2.52 bits per heavy atom. The summed E-state index contributed by atoms with van der Waals surface area (Å²) in [6.07, 6.45) is 0. The summed E-state index contributed by atoms with van der Waals surface area (Å²) in [4.78, 5) is 12.0. The number of hydrogen-bond acceptors (Lipinski definition) is 4. The van der Waals surface area contributed by atoms with Crippen molar-refractivity contribution in [2.45, 2.75) is 6.92 Å². The molecule has 122 valence electrons. The predicted molar refractivity (Wildman–Crippen MR) is 87.8 cm³/mol. The molecule has 0 aromatic heterocycles. The molecular formula is C17H19FN2O3. The maximum Gasteiger partial charge on any atom is 0.243 e. The topological polar surface area (TPSA) is 59.6 Å². The zero-order valence-electron chi connectivity index (χ0n) is 13.3. The van der Waals surface area contributed by atoms with Crippen LogP contribution in [0.3, 0.4) is 0 Å². The number of amides is 1. The standard InChI is InChI=1S/C17H19FN2O3/c1-11-4-5-12(18)8-14(11)19-10-17(21)20-13-6-7-15(22-2)16(9-13)23-3/h4-9,19H,10H2,1-3H3,(H,20,21). The highest BCUT2D eigenvalue weighted by Crippen LogP contribution is 2.29. The van der Waals surface area contributed by atoms with Crippen molar-refractivity contribution in [3.8, 4) is 11.5 Å². The van der Waals surface area contributed by atoms with Crippen LogP contribution in [0.2, 0.25) is 0 Å². The second-order valence-electron chi connectivity index (χ2n) is 4.93. The van der Waals surface area contributed by atoms with E-state index in [0.29, 0.717) is 22.9 Å². The van der Waals surface area contributed by atoms with Crippen molar-refractivity contribution in [3.63, 3.8) is 0 Å². The van der Waals surface area contributed by atoms with E-state index in [4.69, 9.17) is 9.47 Å². The van der Waals surface area contributed by atoms with Gasteiger partial charge in [-0.25, -0.2) is 4.39 Å². The molecule has 2 aromatic rings. The number of aryl methyl sites for hydroxylation is 1. The third kappa shape index (κ3) is 4.35. The number of nitrogens with one attached hydrogen (secondary N) is 2. The smallest absolute Gasteiger partial charge is 0.243 e. The van der Waals surface area contributed by atoms with E-state index in [1.54, 1.807) is 31.4 Å². The summed E-state index contributed by atoms with van der Waals surface area (Å²) in [7, 11) is 3.07. The Hall–Kier alpha value is -2.76. The van der Waals surface area contributed by atoms with Gasteiger partial charge in [0, 0.05) is 17.4 Å². The molecule has 0 spiro atoms. The first-order valence-corrected chi connectivity index (χ1v) is 7.05. The molecule has 0 saturated carbocycles. The minimum absolute atomic E-state index is 0.0264. The van der Waals surface area contributed by atoms with Gasteiger partial charge >= 0.3 is 0 Å². The SMILES string of the molecule is COc1ccc(NC(=O)CNc2cc(F)ccc2C)cc1OC. The molecule has 2 N–H and O–H groups in total. The average Bonchev–Trinajstić information content (AvgIpc) is 2.55. The van der Waals surface area contributed by atoms with Crippen molar-refractivity contribution in [2.75, 3.05) is 31.4 Å². The van der Waals surface area contributed by atoms with E-state index in [0.717, 1.165) is 5.56 Å². The average molecular weight is 318 g/mol. The molecule has 0 aliphatic rings. The maximum absolute atomic E-state index is 13.2. The van der Waals surface area contributed by atoms with Crippen LogP contribution in [-0.4, -0.2) is 26.7 Å². The number of benzene rings is 2. The molecule has 0 aliphatic heterocycles. The molecule has 0 heterocycles. The van der Waals surface area contributed by atoms with E-state index in [-0.39, 0.29) is 18.3 Å². The summed E-state index contributed by atoms with van der Waals surface area (Å²) in [6.45, 7) is 1.87. The van der Waals surface area contributed by atoms with Crippen molar-refractivity contribution in [1.29, 1.82) is 0 Å². The Labute approximate surface area is 134 Å². The highest BCUT2D eigenvalue weighted by molar-refractivity contribution is 5.94. The Balaban J connectivity index is 1.98. The molecule has 1 amide bonds. The maximum atomic E-state index is 13.2. The van der Waals surface area contributed by atoms with E-state index in [1.165, 1.54) is 19.2 Å². The first-order valence-electron chi connectivity index (χ1n) is 7.05. The van der Waals surface area contributed by atoms with E-state index < -0.39 is 0 Å². The molecule has 5 nitrogen and oxygen atoms in total. The molecule has 0 radical (unpaired) electrons. The monoisotopic (exact) mass is 318 g/mol. The van der Waals surface area contributed by atoms with Gasteiger partial charge in [0.2, 0.25) is 5.91 Å². The largest absolute Gasteiger partial charge is 0.493 e. The van der Waals surface area contributed by atoms with E-state index in [9.17, 15) is 9.18 Å². The number of methoxy groups -OCH3 is 2. The Morgan fingerprint density at radius 1 is 1.09 bits per heavy atom. The first-order chi connectivity index (χ1) is 11.0. The van der Waals surface area contributed by atoms with Crippen LogP contribution >= 0.6 is 0 Å². The minimum atomic E-state index is -0.349.